The van der Waals surface area contributed by atoms with Gasteiger partial charge in [-0.15, -0.1) is 0 Å². The molecule has 1 aliphatic heterocycles. The first-order valence-corrected chi connectivity index (χ1v) is 7.20. The normalized spacial score (nSPS) is 20.8. The van der Waals surface area contributed by atoms with Gasteiger partial charge in [-0.1, -0.05) is 26.0 Å². The van der Waals surface area contributed by atoms with Crippen molar-refractivity contribution in [3.05, 3.63) is 29.3 Å². The van der Waals surface area contributed by atoms with Crippen molar-refractivity contribution in [3.63, 3.8) is 0 Å². The van der Waals surface area contributed by atoms with Gasteiger partial charge in [-0.25, -0.2) is 0 Å². The lowest BCUT2D eigenvalue weighted by atomic mass is 9.95. The molecule has 0 radical (unpaired) electrons. The van der Waals surface area contributed by atoms with Crippen LogP contribution in [0.1, 0.15) is 43.7 Å². The second-order valence-electron chi connectivity index (χ2n) is 5.70. The number of aliphatic hydroxyl groups excluding tert-OH is 1. The Morgan fingerprint density at radius 2 is 2.21 bits per heavy atom. The van der Waals surface area contributed by atoms with Crippen LogP contribution in [-0.4, -0.2) is 30.9 Å². The van der Waals surface area contributed by atoms with E-state index in [0.717, 1.165) is 30.7 Å². The van der Waals surface area contributed by atoms with E-state index in [4.69, 9.17) is 4.74 Å². The molecule has 3 heteroatoms. The van der Waals surface area contributed by atoms with Gasteiger partial charge in [0, 0.05) is 12.5 Å². The molecule has 3 nitrogen and oxygen atoms in total. The Hall–Kier alpha value is -1.06. The summed E-state index contributed by atoms with van der Waals surface area (Å²) in [4.78, 5) is 0. The van der Waals surface area contributed by atoms with Crippen LogP contribution in [0.15, 0.2) is 18.2 Å². The number of benzene rings is 1. The molecule has 0 aliphatic carbocycles. The first kappa shape index (κ1) is 14.4. The monoisotopic (exact) mass is 263 g/mol. The smallest absolute Gasteiger partial charge is 0.122 e. The minimum absolute atomic E-state index is 0.229. The minimum atomic E-state index is -0.334. The number of hydrogen-bond acceptors (Lipinski definition) is 3. The maximum Gasteiger partial charge on any atom is 0.122 e. The fourth-order valence-electron chi connectivity index (χ4n) is 2.72. The Morgan fingerprint density at radius 3 is 2.79 bits per heavy atom. The van der Waals surface area contributed by atoms with Gasteiger partial charge in [-0.2, -0.15) is 0 Å². The molecule has 19 heavy (non-hydrogen) atoms. The van der Waals surface area contributed by atoms with Crippen LogP contribution in [0.3, 0.4) is 0 Å². The molecule has 2 unspecified atom stereocenters. The maximum absolute atomic E-state index is 10.3. The summed E-state index contributed by atoms with van der Waals surface area (Å²) in [5.41, 5.74) is 2.40. The van der Waals surface area contributed by atoms with Crippen molar-refractivity contribution in [1.29, 1.82) is 0 Å². The Balaban J connectivity index is 2.14. The highest BCUT2D eigenvalue weighted by Gasteiger charge is 2.23. The quantitative estimate of drug-likeness (QED) is 0.857. The molecule has 2 atom stereocenters. The van der Waals surface area contributed by atoms with Gasteiger partial charge < -0.3 is 15.2 Å². The third kappa shape index (κ3) is 3.48. The first-order chi connectivity index (χ1) is 9.11. The SMILES string of the molecule is COc1ccc(C(C)C)cc1CC(O)C1CCCN1. The molecule has 0 aromatic heterocycles. The van der Waals surface area contributed by atoms with E-state index in [9.17, 15) is 5.11 Å². The summed E-state index contributed by atoms with van der Waals surface area (Å²) in [5, 5.41) is 13.7. The molecule has 1 aromatic carbocycles. The molecule has 1 heterocycles. The Kier molecular flexibility index (Phi) is 4.83. The van der Waals surface area contributed by atoms with Gasteiger partial charge in [0.1, 0.15) is 5.75 Å². The molecule has 1 aromatic rings. The van der Waals surface area contributed by atoms with Gasteiger partial charge in [0.2, 0.25) is 0 Å². The second-order valence-corrected chi connectivity index (χ2v) is 5.70. The zero-order chi connectivity index (χ0) is 13.8. The van der Waals surface area contributed by atoms with Crippen LogP contribution < -0.4 is 10.1 Å². The summed E-state index contributed by atoms with van der Waals surface area (Å²) in [6, 6.07) is 6.52. The fourth-order valence-corrected chi connectivity index (χ4v) is 2.72. The lowest BCUT2D eigenvalue weighted by Gasteiger charge is -2.20. The van der Waals surface area contributed by atoms with Crippen molar-refractivity contribution in [2.45, 2.75) is 51.2 Å². The van der Waals surface area contributed by atoms with Crippen LogP contribution >= 0.6 is 0 Å². The fraction of sp³-hybridized carbons (Fsp3) is 0.625. The number of aliphatic hydroxyl groups is 1. The molecule has 0 amide bonds. The standard InChI is InChI=1S/C16H25NO2/c1-11(2)12-6-7-16(19-3)13(9-12)10-15(18)14-5-4-8-17-14/h6-7,9,11,14-15,17-18H,4-5,8,10H2,1-3H3. The summed E-state index contributed by atoms with van der Waals surface area (Å²) in [5.74, 6) is 1.37. The molecule has 1 aliphatic rings. The first-order valence-electron chi connectivity index (χ1n) is 7.20. The van der Waals surface area contributed by atoms with Crippen molar-refractivity contribution in [2.24, 2.45) is 0 Å². The van der Waals surface area contributed by atoms with Gasteiger partial charge in [0.05, 0.1) is 13.2 Å². The highest BCUT2D eigenvalue weighted by atomic mass is 16.5. The van der Waals surface area contributed by atoms with E-state index in [1.165, 1.54) is 5.56 Å². The molecule has 106 valence electrons. The van der Waals surface area contributed by atoms with Gasteiger partial charge in [-0.05, 0) is 42.5 Å². The summed E-state index contributed by atoms with van der Waals surface area (Å²) >= 11 is 0. The van der Waals surface area contributed by atoms with Crippen LogP contribution in [-0.2, 0) is 6.42 Å². The van der Waals surface area contributed by atoms with Crippen LogP contribution in [0, 0.1) is 0 Å². The Labute approximate surface area is 116 Å². The van der Waals surface area contributed by atoms with Gasteiger partial charge in [-0.3, -0.25) is 0 Å². The Bertz CT molecular complexity index is 411. The van der Waals surface area contributed by atoms with E-state index < -0.39 is 0 Å². The average Bonchev–Trinajstić information content (AvgIpc) is 2.92. The number of hydrogen-bond donors (Lipinski definition) is 2. The lowest BCUT2D eigenvalue weighted by molar-refractivity contribution is 0.135. The molecule has 0 spiro atoms. The number of methoxy groups -OCH3 is 1. The van der Waals surface area contributed by atoms with Crippen LogP contribution in [0.4, 0.5) is 0 Å². The van der Waals surface area contributed by atoms with E-state index in [-0.39, 0.29) is 12.1 Å². The van der Waals surface area contributed by atoms with Crippen molar-refractivity contribution >= 4 is 0 Å². The highest BCUT2D eigenvalue weighted by molar-refractivity contribution is 5.39. The summed E-state index contributed by atoms with van der Waals surface area (Å²) in [7, 11) is 1.69. The summed E-state index contributed by atoms with van der Waals surface area (Å²) < 4.78 is 5.41. The summed E-state index contributed by atoms with van der Waals surface area (Å²) in [6.07, 6.45) is 2.54. The van der Waals surface area contributed by atoms with Crippen molar-refractivity contribution in [2.75, 3.05) is 13.7 Å². The number of ether oxygens (including phenoxy) is 1. The molecule has 0 saturated carbocycles. The van der Waals surface area contributed by atoms with E-state index >= 15 is 0 Å². The highest BCUT2D eigenvalue weighted by Crippen LogP contribution is 2.26. The number of rotatable bonds is 5. The molecule has 1 fully saturated rings. The van der Waals surface area contributed by atoms with Crippen LogP contribution in [0.25, 0.3) is 0 Å². The largest absolute Gasteiger partial charge is 0.496 e. The van der Waals surface area contributed by atoms with E-state index in [2.05, 4.69) is 31.3 Å². The van der Waals surface area contributed by atoms with E-state index in [1.807, 2.05) is 6.07 Å². The third-order valence-corrected chi connectivity index (χ3v) is 3.96. The predicted octanol–water partition coefficient (Wildman–Crippen LogP) is 2.47. The van der Waals surface area contributed by atoms with E-state index in [0.29, 0.717) is 12.3 Å². The van der Waals surface area contributed by atoms with Crippen molar-refractivity contribution in [3.8, 4) is 5.75 Å². The van der Waals surface area contributed by atoms with E-state index in [1.54, 1.807) is 7.11 Å². The van der Waals surface area contributed by atoms with Crippen LogP contribution in [0.5, 0.6) is 5.75 Å². The van der Waals surface area contributed by atoms with Gasteiger partial charge in [0.15, 0.2) is 0 Å². The zero-order valence-corrected chi connectivity index (χ0v) is 12.1. The predicted molar refractivity (Wildman–Crippen MR) is 77.8 cm³/mol. The molecular weight excluding hydrogens is 238 g/mol. The van der Waals surface area contributed by atoms with Crippen LogP contribution in [0.2, 0.25) is 0 Å². The van der Waals surface area contributed by atoms with Crippen molar-refractivity contribution in [1.82, 2.24) is 5.32 Å². The second kappa shape index (κ2) is 6.40. The number of nitrogens with one attached hydrogen (secondary N) is 1. The molecule has 1 saturated heterocycles. The molecular formula is C16H25NO2. The van der Waals surface area contributed by atoms with Gasteiger partial charge in [0.25, 0.3) is 0 Å². The Morgan fingerprint density at radius 1 is 1.42 bits per heavy atom. The topological polar surface area (TPSA) is 41.5 Å². The van der Waals surface area contributed by atoms with Gasteiger partial charge >= 0.3 is 0 Å². The molecule has 2 rings (SSSR count). The molecule has 2 N–H and O–H groups in total. The minimum Gasteiger partial charge on any atom is -0.496 e. The third-order valence-electron chi connectivity index (χ3n) is 3.96. The summed E-state index contributed by atoms with van der Waals surface area (Å²) in [6.45, 7) is 5.38. The lowest BCUT2D eigenvalue weighted by Crippen LogP contribution is -2.36. The maximum atomic E-state index is 10.3. The molecule has 0 bridgehead atoms. The average molecular weight is 263 g/mol. The zero-order valence-electron chi connectivity index (χ0n) is 12.1. The van der Waals surface area contributed by atoms with Crippen molar-refractivity contribution < 1.29 is 9.84 Å².